The van der Waals surface area contributed by atoms with E-state index in [1.165, 1.54) is 0 Å². The number of rotatable bonds is 6. The summed E-state index contributed by atoms with van der Waals surface area (Å²) in [6, 6.07) is 0. The van der Waals surface area contributed by atoms with Gasteiger partial charge < -0.3 is 4.57 Å². The van der Waals surface area contributed by atoms with Gasteiger partial charge in [0.25, 0.3) is 0 Å². The molecule has 2 aromatic heterocycles. The number of hydrogen-bond donors (Lipinski definition) is 0. The van der Waals surface area contributed by atoms with Crippen molar-refractivity contribution < 1.29 is 0 Å². The molecule has 0 N–H and O–H groups in total. The average molecular weight is 394 g/mol. The lowest BCUT2D eigenvalue weighted by Crippen LogP contribution is -2.04. The van der Waals surface area contributed by atoms with Gasteiger partial charge in [0.15, 0.2) is 5.15 Å². The van der Waals surface area contributed by atoms with Crippen LogP contribution in [0.25, 0.3) is 12.2 Å². The topological polar surface area (TPSA) is 56.0 Å². The van der Waals surface area contributed by atoms with Crippen molar-refractivity contribution in [2.45, 2.75) is 27.3 Å². The van der Waals surface area contributed by atoms with Crippen molar-refractivity contribution >= 4 is 42.1 Å². The summed E-state index contributed by atoms with van der Waals surface area (Å²) < 4.78 is 1.70. The summed E-state index contributed by atoms with van der Waals surface area (Å²) in [5, 5.41) is 0.672. The highest BCUT2D eigenvalue weighted by molar-refractivity contribution is 6.40. The molecule has 0 radical (unpaired) electrons. The third kappa shape index (κ3) is 7.76. The Hall–Kier alpha value is -2.24. The first-order chi connectivity index (χ1) is 12.6. The molecule has 26 heavy (non-hydrogen) atoms. The SMILES string of the molecule is C=CCN=C.C=Cc1nc(Cn2cnc(Cl)c2Cl)cnc1/C=C\C.CC. The van der Waals surface area contributed by atoms with Crippen LogP contribution in [0, 0.1) is 0 Å². The number of allylic oxidation sites excluding steroid dienone is 1. The highest BCUT2D eigenvalue weighted by Crippen LogP contribution is 2.20. The van der Waals surface area contributed by atoms with Crippen LogP contribution in [0.5, 0.6) is 0 Å². The van der Waals surface area contributed by atoms with Gasteiger partial charge >= 0.3 is 0 Å². The van der Waals surface area contributed by atoms with Gasteiger partial charge in [0.1, 0.15) is 5.15 Å². The van der Waals surface area contributed by atoms with E-state index in [-0.39, 0.29) is 5.15 Å². The summed E-state index contributed by atoms with van der Waals surface area (Å²) in [7, 11) is 0. The van der Waals surface area contributed by atoms with E-state index >= 15 is 0 Å². The molecule has 0 aliphatic rings. The summed E-state index contributed by atoms with van der Waals surface area (Å²) in [5.41, 5.74) is 2.29. The highest BCUT2D eigenvalue weighted by Gasteiger charge is 2.08. The molecule has 0 aliphatic carbocycles. The van der Waals surface area contributed by atoms with Gasteiger partial charge in [-0.3, -0.25) is 9.98 Å². The predicted molar refractivity (Wildman–Crippen MR) is 114 cm³/mol. The van der Waals surface area contributed by atoms with Crippen molar-refractivity contribution in [3.05, 3.63) is 65.2 Å². The molecule has 5 nitrogen and oxygen atoms in total. The van der Waals surface area contributed by atoms with Crippen LogP contribution < -0.4 is 0 Å². The zero-order chi connectivity index (χ0) is 19.9. The number of hydrogen-bond acceptors (Lipinski definition) is 4. The van der Waals surface area contributed by atoms with Crippen LogP contribution in [0.2, 0.25) is 10.3 Å². The lowest BCUT2D eigenvalue weighted by atomic mass is 10.2. The van der Waals surface area contributed by atoms with Gasteiger partial charge in [0.05, 0.1) is 42.7 Å². The molecule has 0 aliphatic heterocycles. The molecule has 2 rings (SSSR count). The maximum atomic E-state index is 6.00. The predicted octanol–water partition coefficient (Wildman–Crippen LogP) is 5.60. The van der Waals surface area contributed by atoms with Crippen molar-refractivity contribution in [3.63, 3.8) is 0 Å². The fourth-order valence-electron chi connectivity index (χ4n) is 1.68. The lowest BCUT2D eigenvalue weighted by molar-refractivity contribution is 0.766. The zero-order valence-electron chi connectivity index (χ0n) is 15.5. The van der Waals surface area contributed by atoms with Crippen LogP contribution in [-0.4, -0.2) is 32.8 Å². The first kappa shape index (κ1) is 23.8. The standard InChI is InChI=1S/C13H12Cl2N4.C4H7N.C2H6/c1-3-5-11-10(4-2)18-9(6-16-11)7-19-8-17-12(14)13(19)15;1-3-4-5-2;1-2/h3-6,8H,2,7H2,1H3;3H,1-2,4H2;1-2H3/b5-3-;;. The molecule has 0 aromatic carbocycles. The van der Waals surface area contributed by atoms with Gasteiger partial charge in [0.2, 0.25) is 0 Å². The molecule has 0 saturated heterocycles. The minimum Gasteiger partial charge on any atom is -0.314 e. The van der Waals surface area contributed by atoms with Crippen LogP contribution >= 0.6 is 23.2 Å². The van der Waals surface area contributed by atoms with Gasteiger partial charge in [-0.25, -0.2) is 9.97 Å². The Bertz CT molecular complexity index is 730. The Morgan fingerprint density at radius 1 is 1.19 bits per heavy atom. The molecular formula is C19H25Cl2N5. The summed E-state index contributed by atoms with van der Waals surface area (Å²) >= 11 is 11.8. The monoisotopic (exact) mass is 393 g/mol. The van der Waals surface area contributed by atoms with Crippen LogP contribution in [-0.2, 0) is 6.54 Å². The Morgan fingerprint density at radius 2 is 1.88 bits per heavy atom. The second-order valence-electron chi connectivity index (χ2n) is 4.48. The fourth-order valence-corrected chi connectivity index (χ4v) is 1.99. The molecule has 2 aromatic rings. The van der Waals surface area contributed by atoms with E-state index in [1.807, 2.05) is 32.9 Å². The summed E-state index contributed by atoms with van der Waals surface area (Å²) in [6.45, 7) is 17.4. The molecule has 0 saturated carbocycles. The van der Waals surface area contributed by atoms with Crippen LogP contribution in [0.1, 0.15) is 37.9 Å². The molecule has 0 spiro atoms. The average Bonchev–Trinajstić information content (AvgIpc) is 2.98. The maximum Gasteiger partial charge on any atom is 0.166 e. The Labute approximate surface area is 165 Å². The van der Waals surface area contributed by atoms with Crippen molar-refractivity contribution in [2.24, 2.45) is 4.99 Å². The van der Waals surface area contributed by atoms with Gasteiger partial charge in [-0.1, -0.05) is 55.8 Å². The van der Waals surface area contributed by atoms with E-state index in [0.717, 1.165) is 17.1 Å². The van der Waals surface area contributed by atoms with Crippen molar-refractivity contribution in [3.8, 4) is 0 Å². The van der Waals surface area contributed by atoms with E-state index < -0.39 is 0 Å². The summed E-state index contributed by atoms with van der Waals surface area (Å²) in [5.74, 6) is 0. The van der Waals surface area contributed by atoms with E-state index in [4.69, 9.17) is 23.2 Å². The third-order valence-electron chi connectivity index (χ3n) is 2.72. The number of aliphatic imine (C=N–C) groups is 1. The fraction of sp³-hybridized carbons (Fsp3) is 0.263. The lowest BCUT2D eigenvalue weighted by Gasteiger charge is -2.06. The van der Waals surface area contributed by atoms with E-state index in [9.17, 15) is 0 Å². The van der Waals surface area contributed by atoms with Crippen molar-refractivity contribution in [1.82, 2.24) is 19.5 Å². The van der Waals surface area contributed by atoms with Gasteiger partial charge in [-0.2, -0.15) is 0 Å². The molecule has 140 valence electrons. The Morgan fingerprint density at radius 3 is 2.31 bits per heavy atom. The van der Waals surface area contributed by atoms with Crippen LogP contribution in [0.3, 0.4) is 0 Å². The zero-order valence-corrected chi connectivity index (χ0v) is 17.0. The summed E-state index contributed by atoms with van der Waals surface area (Å²) in [4.78, 5) is 16.2. The highest BCUT2D eigenvalue weighted by atomic mass is 35.5. The molecule has 0 atom stereocenters. The van der Waals surface area contributed by atoms with E-state index in [2.05, 4.69) is 39.8 Å². The number of imidazole rings is 1. The Balaban J connectivity index is 0.000000772. The second-order valence-corrected chi connectivity index (χ2v) is 5.20. The largest absolute Gasteiger partial charge is 0.314 e. The van der Waals surface area contributed by atoms with Crippen molar-refractivity contribution in [1.29, 1.82) is 0 Å². The molecule has 0 bridgehead atoms. The van der Waals surface area contributed by atoms with Gasteiger partial charge in [0, 0.05) is 0 Å². The molecule has 7 heteroatoms. The minimum absolute atomic E-state index is 0.282. The third-order valence-corrected chi connectivity index (χ3v) is 3.49. The number of aromatic nitrogens is 4. The van der Waals surface area contributed by atoms with Gasteiger partial charge in [-0.15, -0.1) is 6.58 Å². The smallest absolute Gasteiger partial charge is 0.166 e. The first-order valence-corrected chi connectivity index (χ1v) is 8.83. The molecular weight excluding hydrogens is 369 g/mol. The van der Waals surface area contributed by atoms with E-state index in [0.29, 0.717) is 18.2 Å². The van der Waals surface area contributed by atoms with Crippen LogP contribution in [0.4, 0.5) is 0 Å². The quantitative estimate of drug-likeness (QED) is 0.473. The molecule has 0 unspecified atom stereocenters. The Kier molecular flexibility index (Phi) is 12.8. The molecule has 0 amide bonds. The maximum absolute atomic E-state index is 6.00. The molecule has 2 heterocycles. The van der Waals surface area contributed by atoms with E-state index in [1.54, 1.807) is 29.2 Å². The summed E-state index contributed by atoms with van der Waals surface area (Å²) in [6.07, 6.45) is 10.4. The molecule has 0 fully saturated rings. The van der Waals surface area contributed by atoms with Crippen molar-refractivity contribution in [2.75, 3.05) is 6.54 Å². The first-order valence-electron chi connectivity index (χ1n) is 8.07. The number of halogens is 2. The minimum atomic E-state index is 0.282. The normalized spacial score (nSPS) is 9.58. The number of nitrogens with zero attached hydrogens (tertiary/aromatic N) is 5. The van der Waals surface area contributed by atoms with Crippen LogP contribution in [0.15, 0.2) is 42.8 Å². The van der Waals surface area contributed by atoms with Gasteiger partial charge in [-0.05, 0) is 25.8 Å². The second kappa shape index (κ2) is 14.0.